The molecule has 0 spiro atoms. The molecule has 261 valence electrons. The molecule has 4 aromatic carbocycles. The van der Waals surface area contributed by atoms with Crippen molar-refractivity contribution in [2.45, 2.75) is 54.4 Å². The van der Waals surface area contributed by atoms with Gasteiger partial charge < -0.3 is 14.4 Å². The fraction of sp³-hybridized carbons (Fsp3) is 0.170. The zero-order valence-corrected chi connectivity index (χ0v) is 32.9. The Morgan fingerprint density at radius 3 is 2.12 bits per heavy atom. The van der Waals surface area contributed by atoms with Crippen LogP contribution in [0.4, 0.5) is 0 Å². The molecule has 0 unspecified atom stereocenters. The molecular formula is C47H41IrN3O-2. The molecule has 4 heterocycles. The Hall–Kier alpha value is -5.22. The largest absolute Gasteiger partial charge is 0.486 e. The molecule has 0 atom stereocenters. The zero-order valence-electron chi connectivity index (χ0n) is 30.5. The molecule has 8 rings (SSSR count). The Labute approximate surface area is 320 Å². The molecule has 0 aliphatic carbocycles. The number of hydrogen-bond acceptors (Lipinski definition) is 4. The van der Waals surface area contributed by atoms with E-state index in [2.05, 4.69) is 143 Å². The van der Waals surface area contributed by atoms with E-state index < -0.39 is 0 Å². The predicted octanol–water partition coefficient (Wildman–Crippen LogP) is 11.7. The fourth-order valence-electron chi connectivity index (χ4n) is 6.41. The van der Waals surface area contributed by atoms with Gasteiger partial charge in [0, 0.05) is 43.6 Å². The molecule has 4 aromatic heterocycles. The van der Waals surface area contributed by atoms with E-state index in [1.54, 1.807) is 0 Å². The van der Waals surface area contributed by atoms with Crippen molar-refractivity contribution < 1.29 is 24.5 Å². The van der Waals surface area contributed by atoms with Crippen molar-refractivity contribution in [3.63, 3.8) is 0 Å². The Morgan fingerprint density at radius 1 is 0.596 bits per heavy atom. The summed E-state index contributed by atoms with van der Waals surface area (Å²) in [6.45, 7) is 12.6. The molecule has 0 saturated carbocycles. The minimum Gasteiger partial charge on any atom is -0.486 e. The maximum absolute atomic E-state index is 6.22. The van der Waals surface area contributed by atoms with Gasteiger partial charge in [-0.1, -0.05) is 89.7 Å². The van der Waals surface area contributed by atoms with E-state index in [0.29, 0.717) is 5.71 Å². The summed E-state index contributed by atoms with van der Waals surface area (Å²) < 4.78 is 6.22. The maximum atomic E-state index is 6.22. The van der Waals surface area contributed by atoms with Gasteiger partial charge in [0.1, 0.15) is 0 Å². The number of pyridine rings is 3. The van der Waals surface area contributed by atoms with E-state index >= 15 is 0 Å². The van der Waals surface area contributed by atoms with Gasteiger partial charge in [-0.2, -0.15) is 0 Å². The molecule has 0 fully saturated rings. The van der Waals surface area contributed by atoms with Crippen molar-refractivity contribution in [3.05, 3.63) is 172 Å². The summed E-state index contributed by atoms with van der Waals surface area (Å²) in [7, 11) is 0. The van der Waals surface area contributed by atoms with Crippen LogP contribution < -0.4 is 0 Å². The Bertz CT molecular complexity index is 2480. The third-order valence-corrected chi connectivity index (χ3v) is 9.52. The Balaban J connectivity index is 0.000000182. The number of furan rings is 1. The van der Waals surface area contributed by atoms with Crippen LogP contribution in [-0.2, 0) is 32.9 Å². The summed E-state index contributed by atoms with van der Waals surface area (Å²) in [5.74, 6) is 0. The SMILES string of the molecule is Cc1c[c-]c(-c2cc(-c3ccc(C)cc3C)c(C)cn2)cc1.Cc1cnc(-c2[c-]ccc3c2oc2nc(CCc4ccccc4)ccc23)cc1C.[Ir]. The first-order valence-electron chi connectivity index (χ1n) is 17.5. The Morgan fingerprint density at radius 2 is 1.37 bits per heavy atom. The molecule has 0 bridgehead atoms. The van der Waals surface area contributed by atoms with Crippen molar-refractivity contribution in [3.8, 4) is 33.6 Å². The van der Waals surface area contributed by atoms with Gasteiger partial charge in [-0.15, -0.1) is 53.6 Å². The molecule has 5 heteroatoms. The van der Waals surface area contributed by atoms with Crippen molar-refractivity contribution in [2.75, 3.05) is 0 Å². The number of benzene rings is 4. The standard InChI is InChI=1S/C26H21N2O.C21H20N.Ir/c1-17-15-24(27-16-18(17)2)23-10-6-9-21-22-14-13-20(28-26(22)29-25(21)23)12-11-19-7-4-3-5-8-19;1-14-5-8-18(9-6-14)21-12-20(17(4)13-22-21)19-10-7-15(2)11-16(19)3;/h3-9,13-16H,11-12H2,1-2H3;5-8,10-13H,1-4H3;/q2*-1;. The summed E-state index contributed by atoms with van der Waals surface area (Å²) in [6.07, 6.45) is 5.71. The second-order valence-corrected chi connectivity index (χ2v) is 13.5. The van der Waals surface area contributed by atoms with Gasteiger partial charge in [0.25, 0.3) is 0 Å². The summed E-state index contributed by atoms with van der Waals surface area (Å²) in [6, 6.07) is 42.4. The summed E-state index contributed by atoms with van der Waals surface area (Å²) in [4.78, 5) is 14.0. The van der Waals surface area contributed by atoms with E-state index in [4.69, 9.17) is 9.40 Å². The second-order valence-electron chi connectivity index (χ2n) is 13.5. The maximum Gasteiger partial charge on any atom is 0.216 e. The molecule has 0 aliphatic heterocycles. The van der Waals surface area contributed by atoms with Gasteiger partial charge in [-0.05, 0) is 104 Å². The first-order chi connectivity index (χ1) is 24.7. The van der Waals surface area contributed by atoms with Gasteiger partial charge in [-0.3, -0.25) is 0 Å². The molecule has 8 aromatic rings. The number of fused-ring (bicyclic) bond motifs is 3. The van der Waals surface area contributed by atoms with Gasteiger partial charge in [-0.25, -0.2) is 4.98 Å². The van der Waals surface area contributed by atoms with Crippen LogP contribution >= 0.6 is 0 Å². The third-order valence-electron chi connectivity index (χ3n) is 9.52. The van der Waals surface area contributed by atoms with Crippen LogP contribution in [0.25, 0.3) is 55.7 Å². The number of rotatable bonds is 6. The minimum atomic E-state index is 0. The van der Waals surface area contributed by atoms with Gasteiger partial charge in [0.15, 0.2) is 0 Å². The van der Waals surface area contributed by atoms with Crippen molar-refractivity contribution in [1.29, 1.82) is 0 Å². The molecule has 4 nitrogen and oxygen atoms in total. The fourth-order valence-corrected chi connectivity index (χ4v) is 6.41. The van der Waals surface area contributed by atoms with Crippen molar-refractivity contribution >= 4 is 22.1 Å². The first kappa shape index (κ1) is 36.6. The van der Waals surface area contributed by atoms with Crippen molar-refractivity contribution in [2.24, 2.45) is 0 Å². The number of hydrogen-bond donors (Lipinski definition) is 0. The van der Waals surface area contributed by atoms with Gasteiger partial charge in [0.05, 0.1) is 5.58 Å². The minimum absolute atomic E-state index is 0. The second kappa shape index (κ2) is 16.0. The van der Waals surface area contributed by atoms with Gasteiger partial charge >= 0.3 is 0 Å². The average molecular weight is 856 g/mol. The molecule has 0 N–H and O–H groups in total. The summed E-state index contributed by atoms with van der Waals surface area (Å²) in [5, 5.41) is 2.08. The Kier molecular flexibility index (Phi) is 11.2. The van der Waals surface area contributed by atoms with E-state index in [-0.39, 0.29) is 20.1 Å². The van der Waals surface area contributed by atoms with E-state index in [1.165, 1.54) is 50.1 Å². The molecule has 0 amide bonds. The quantitative estimate of drug-likeness (QED) is 0.156. The smallest absolute Gasteiger partial charge is 0.216 e. The monoisotopic (exact) mass is 856 g/mol. The zero-order chi connectivity index (χ0) is 35.5. The number of aromatic nitrogens is 3. The van der Waals surface area contributed by atoms with Crippen LogP contribution in [0.5, 0.6) is 0 Å². The van der Waals surface area contributed by atoms with Crippen LogP contribution in [0, 0.1) is 53.7 Å². The van der Waals surface area contributed by atoms with Crippen LogP contribution in [0.15, 0.2) is 120 Å². The molecule has 0 saturated heterocycles. The molecule has 52 heavy (non-hydrogen) atoms. The van der Waals surface area contributed by atoms with Crippen LogP contribution in [0.1, 0.15) is 44.6 Å². The van der Waals surface area contributed by atoms with E-state index in [9.17, 15) is 0 Å². The number of nitrogens with zero attached hydrogens (tertiary/aromatic N) is 3. The normalized spacial score (nSPS) is 10.9. The summed E-state index contributed by atoms with van der Waals surface area (Å²) >= 11 is 0. The summed E-state index contributed by atoms with van der Waals surface area (Å²) in [5.41, 5.74) is 17.5. The van der Waals surface area contributed by atoms with Crippen LogP contribution in [0.3, 0.4) is 0 Å². The van der Waals surface area contributed by atoms with Crippen LogP contribution in [0.2, 0.25) is 0 Å². The van der Waals surface area contributed by atoms with E-state index in [0.717, 1.165) is 57.4 Å². The van der Waals surface area contributed by atoms with E-state index in [1.807, 2.05) is 36.7 Å². The first-order valence-corrected chi connectivity index (χ1v) is 17.5. The number of aryl methyl sites for hydroxylation is 8. The third kappa shape index (κ3) is 7.97. The molecular weight excluding hydrogens is 815 g/mol. The van der Waals surface area contributed by atoms with Crippen LogP contribution in [-0.4, -0.2) is 15.0 Å². The topological polar surface area (TPSA) is 51.8 Å². The van der Waals surface area contributed by atoms with Crippen molar-refractivity contribution in [1.82, 2.24) is 15.0 Å². The average Bonchev–Trinajstić information content (AvgIpc) is 3.52. The predicted molar refractivity (Wildman–Crippen MR) is 210 cm³/mol. The molecule has 0 aliphatic rings. The molecule has 1 radical (unpaired) electrons. The van der Waals surface area contributed by atoms with Gasteiger partial charge in [0.2, 0.25) is 5.71 Å².